The first-order valence-electron chi connectivity index (χ1n) is 9.39. The summed E-state index contributed by atoms with van der Waals surface area (Å²) in [4.78, 5) is 5.13. The van der Waals surface area contributed by atoms with E-state index in [4.69, 9.17) is 20.9 Å². The molecule has 2 aliphatic rings. The molecule has 0 radical (unpaired) electrons. The summed E-state index contributed by atoms with van der Waals surface area (Å²) in [5, 5.41) is 0. The van der Waals surface area contributed by atoms with E-state index in [-0.39, 0.29) is 30.2 Å². The molecule has 0 amide bonds. The van der Waals surface area contributed by atoms with Gasteiger partial charge in [0, 0.05) is 23.1 Å². The van der Waals surface area contributed by atoms with Crippen molar-refractivity contribution in [3.05, 3.63) is 58.7 Å². The topological polar surface area (TPSA) is 30.8 Å². The first kappa shape index (κ1) is 20.3. The predicted molar refractivity (Wildman–Crippen MR) is 116 cm³/mol. The smallest absolute Gasteiger partial charge is 0.166 e. The summed E-state index contributed by atoms with van der Waals surface area (Å²) < 4.78 is 12.1. The number of benzene rings is 2. The summed E-state index contributed by atoms with van der Waals surface area (Å²) in [6.07, 6.45) is 7.10. The number of terminal acetylenes is 1. The second kappa shape index (κ2) is 7.18. The zero-order chi connectivity index (χ0) is 19.2. The number of fused-ring (bicyclic) bond motifs is 3. The Kier molecular flexibility index (Phi) is 5.21. The van der Waals surface area contributed by atoms with Crippen LogP contribution in [0.3, 0.4) is 0 Å². The summed E-state index contributed by atoms with van der Waals surface area (Å²) in [6.45, 7) is 8.80. The fourth-order valence-corrected chi connectivity index (χ4v) is 4.10. The third-order valence-corrected chi connectivity index (χ3v) is 5.04. The van der Waals surface area contributed by atoms with Crippen LogP contribution in [0.5, 0.6) is 11.5 Å². The highest BCUT2D eigenvalue weighted by Gasteiger charge is 2.39. The van der Waals surface area contributed by atoms with Crippen molar-refractivity contribution in [2.24, 2.45) is 4.99 Å². The van der Waals surface area contributed by atoms with Crippen LogP contribution in [-0.2, 0) is 12.8 Å². The van der Waals surface area contributed by atoms with Crippen molar-refractivity contribution in [1.82, 2.24) is 0 Å². The molecular formula is C24H26ClNO2. The largest absolute Gasteiger partial charge is 0.483 e. The molecule has 0 atom stereocenters. The molecule has 0 N–H and O–H groups in total. The number of aliphatic imine (C=N–C) groups is 1. The highest BCUT2D eigenvalue weighted by molar-refractivity contribution is 6.16. The molecular weight excluding hydrogens is 370 g/mol. The van der Waals surface area contributed by atoms with Crippen molar-refractivity contribution in [3.8, 4) is 23.8 Å². The van der Waals surface area contributed by atoms with E-state index in [9.17, 15) is 0 Å². The zero-order valence-electron chi connectivity index (χ0n) is 16.8. The van der Waals surface area contributed by atoms with Crippen LogP contribution in [0.15, 0.2) is 41.4 Å². The lowest BCUT2D eigenvalue weighted by Gasteiger charge is -2.31. The fourth-order valence-electron chi connectivity index (χ4n) is 4.10. The summed E-state index contributed by atoms with van der Waals surface area (Å²) in [7, 11) is 0. The van der Waals surface area contributed by atoms with Crippen LogP contribution in [0.2, 0.25) is 0 Å². The Morgan fingerprint density at radius 2 is 1.86 bits per heavy atom. The molecule has 2 heterocycles. The Hall–Kier alpha value is -2.44. The lowest BCUT2D eigenvalue weighted by molar-refractivity contribution is 0.133. The monoisotopic (exact) mass is 395 g/mol. The first-order valence-corrected chi connectivity index (χ1v) is 9.39. The second-order valence-electron chi connectivity index (χ2n) is 8.56. The SMILES string of the molecule is C#CCOc1cc2c(c3c1OC(C)(C)C3)C(c1ccccc1)=NC(C)(C)C2.Cl. The minimum Gasteiger partial charge on any atom is -0.483 e. The molecule has 0 spiro atoms. The van der Waals surface area contributed by atoms with Gasteiger partial charge in [-0.25, -0.2) is 0 Å². The van der Waals surface area contributed by atoms with E-state index < -0.39 is 0 Å². The number of nitrogens with zero attached hydrogens (tertiary/aromatic N) is 1. The number of rotatable bonds is 3. The lowest BCUT2D eigenvalue weighted by atomic mass is 9.81. The maximum atomic E-state index is 6.28. The molecule has 28 heavy (non-hydrogen) atoms. The van der Waals surface area contributed by atoms with Crippen LogP contribution in [0.1, 0.15) is 49.9 Å². The molecule has 0 saturated carbocycles. The van der Waals surface area contributed by atoms with E-state index in [0.717, 1.165) is 35.6 Å². The molecule has 4 heteroatoms. The van der Waals surface area contributed by atoms with Gasteiger partial charge in [-0.05, 0) is 45.7 Å². The van der Waals surface area contributed by atoms with Gasteiger partial charge in [-0.3, -0.25) is 4.99 Å². The van der Waals surface area contributed by atoms with Gasteiger partial charge in [-0.1, -0.05) is 36.3 Å². The van der Waals surface area contributed by atoms with Crippen LogP contribution in [0.4, 0.5) is 0 Å². The summed E-state index contributed by atoms with van der Waals surface area (Å²) >= 11 is 0. The molecule has 146 valence electrons. The van der Waals surface area contributed by atoms with Gasteiger partial charge in [0.05, 0.1) is 11.3 Å². The third kappa shape index (κ3) is 3.62. The minimum atomic E-state index is -0.277. The van der Waals surface area contributed by atoms with E-state index >= 15 is 0 Å². The number of hydrogen-bond acceptors (Lipinski definition) is 3. The maximum absolute atomic E-state index is 6.28. The van der Waals surface area contributed by atoms with Gasteiger partial charge < -0.3 is 9.47 Å². The van der Waals surface area contributed by atoms with Crippen molar-refractivity contribution >= 4 is 18.1 Å². The van der Waals surface area contributed by atoms with Crippen molar-refractivity contribution in [2.45, 2.75) is 51.7 Å². The Labute approximate surface area is 173 Å². The maximum Gasteiger partial charge on any atom is 0.166 e. The Balaban J connectivity index is 0.00000225. The zero-order valence-corrected chi connectivity index (χ0v) is 17.7. The molecule has 2 aliphatic heterocycles. The van der Waals surface area contributed by atoms with Crippen LogP contribution in [0.25, 0.3) is 0 Å². The highest BCUT2D eigenvalue weighted by Crippen LogP contribution is 2.47. The number of halogens is 1. The van der Waals surface area contributed by atoms with Gasteiger partial charge in [-0.15, -0.1) is 18.8 Å². The van der Waals surface area contributed by atoms with Crippen molar-refractivity contribution < 1.29 is 9.47 Å². The van der Waals surface area contributed by atoms with Gasteiger partial charge in [0.25, 0.3) is 0 Å². The summed E-state index contributed by atoms with van der Waals surface area (Å²) in [5.74, 6) is 4.12. The van der Waals surface area contributed by atoms with E-state index in [0.29, 0.717) is 0 Å². The minimum absolute atomic E-state index is 0. The van der Waals surface area contributed by atoms with Crippen molar-refractivity contribution in [1.29, 1.82) is 0 Å². The molecule has 0 saturated heterocycles. The van der Waals surface area contributed by atoms with Crippen LogP contribution < -0.4 is 9.47 Å². The molecule has 0 aromatic heterocycles. The molecule has 0 fully saturated rings. The van der Waals surface area contributed by atoms with E-state index in [1.165, 1.54) is 16.7 Å². The Bertz CT molecular complexity index is 968. The normalized spacial score (nSPS) is 17.9. The molecule has 3 nitrogen and oxygen atoms in total. The van der Waals surface area contributed by atoms with Gasteiger partial charge in [-0.2, -0.15) is 0 Å². The van der Waals surface area contributed by atoms with Crippen molar-refractivity contribution in [2.75, 3.05) is 6.61 Å². The van der Waals surface area contributed by atoms with Crippen LogP contribution in [-0.4, -0.2) is 23.5 Å². The standard InChI is InChI=1S/C24H25NO2.ClH/c1-6-12-26-19-13-17-14-23(2,3)25-21(16-10-8-7-9-11-16)20(17)18-15-24(4,5)27-22(18)19;/h1,7-11,13H,12,14-15H2,2-5H3;1H. The molecule has 2 aromatic carbocycles. The van der Waals surface area contributed by atoms with Gasteiger partial charge in [0.15, 0.2) is 11.5 Å². The Morgan fingerprint density at radius 3 is 2.54 bits per heavy atom. The van der Waals surface area contributed by atoms with Crippen molar-refractivity contribution in [3.63, 3.8) is 0 Å². The second-order valence-corrected chi connectivity index (χ2v) is 8.56. The Morgan fingerprint density at radius 1 is 1.14 bits per heavy atom. The summed E-state index contributed by atoms with van der Waals surface area (Å²) in [5.41, 5.74) is 5.36. The molecule has 0 aliphatic carbocycles. The molecule has 2 aromatic rings. The fraction of sp³-hybridized carbons (Fsp3) is 0.375. The van der Waals surface area contributed by atoms with Crippen LogP contribution in [0, 0.1) is 12.3 Å². The summed E-state index contributed by atoms with van der Waals surface area (Å²) in [6, 6.07) is 12.5. The van der Waals surface area contributed by atoms with Crippen LogP contribution >= 0.6 is 12.4 Å². The van der Waals surface area contributed by atoms with E-state index in [1.54, 1.807) is 0 Å². The molecule has 4 rings (SSSR count). The molecule has 0 bridgehead atoms. The predicted octanol–water partition coefficient (Wildman–Crippen LogP) is 5.01. The first-order chi connectivity index (χ1) is 12.8. The third-order valence-electron chi connectivity index (χ3n) is 5.04. The number of ether oxygens (including phenoxy) is 2. The van der Waals surface area contributed by atoms with Gasteiger partial charge in [0.1, 0.15) is 12.2 Å². The average Bonchev–Trinajstić information content (AvgIpc) is 2.94. The van der Waals surface area contributed by atoms with E-state index in [1.807, 2.05) is 6.07 Å². The van der Waals surface area contributed by atoms with E-state index in [2.05, 4.69) is 63.9 Å². The number of hydrogen-bond donors (Lipinski definition) is 0. The average molecular weight is 396 g/mol. The molecule has 0 unspecified atom stereocenters. The lowest BCUT2D eigenvalue weighted by Crippen LogP contribution is -2.30. The quantitative estimate of drug-likeness (QED) is 0.684. The highest BCUT2D eigenvalue weighted by atomic mass is 35.5. The van der Waals surface area contributed by atoms with Gasteiger partial charge in [0.2, 0.25) is 0 Å². The van der Waals surface area contributed by atoms with Gasteiger partial charge >= 0.3 is 0 Å².